The van der Waals surface area contributed by atoms with Crippen LogP contribution in [0.4, 0.5) is 5.69 Å². The molecule has 3 aromatic heterocycles. The maximum atomic E-state index is 12.8. The Morgan fingerprint density at radius 3 is 2.81 bits per heavy atom. The van der Waals surface area contributed by atoms with Crippen LogP contribution in [-0.2, 0) is 0 Å². The van der Waals surface area contributed by atoms with Crippen LogP contribution in [0.5, 0.6) is 0 Å². The lowest BCUT2D eigenvalue weighted by atomic mass is 10.2. The zero-order valence-corrected chi connectivity index (χ0v) is 17.4. The standard InChI is InChI=1S/C22H24N8O.H2/c1-14(2)30(12-23)21(24)18-4-3-5-19(28-18)22(31)27-16-8-17(10-25-9-16)29-11-20(26-13-29)15-6-7-15;/h3-5,8-15,23-24H,6-7H2,1-2H3,(H,27,31);1H. The second-order valence-corrected chi connectivity index (χ2v) is 7.75. The SMILES string of the molecule is CC(C)N(C=N)C(=N)c1cccc(C(=O)Nc2cncc(-n3cnc(C4CC4)c3)c2)n1.[HH]. The molecule has 4 rings (SSSR count). The highest BCUT2D eigenvalue weighted by molar-refractivity contribution is 6.05. The monoisotopic (exact) mass is 418 g/mol. The van der Waals surface area contributed by atoms with Crippen LogP contribution < -0.4 is 5.32 Å². The Bertz CT molecular complexity index is 1140. The Kier molecular flexibility index (Phi) is 5.57. The van der Waals surface area contributed by atoms with Gasteiger partial charge in [0.2, 0.25) is 0 Å². The van der Waals surface area contributed by atoms with Gasteiger partial charge in [0.1, 0.15) is 11.4 Å². The molecule has 0 aliphatic heterocycles. The molecule has 0 spiro atoms. The fourth-order valence-corrected chi connectivity index (χ4v) is 3.20. The van der Waals surface area contributed by atoms with Crippen molar-refractivity contribution in [3.05, 3.63) is 66.3 Å². The molecule has 1 aliphatic rings. The molecule has 3 heterocycles. The van der Waals surface area contributed by atoms with Gasteiger partial charge in [-0.1, -0.05) is 6.07 Å². The van der Waals surface area contributed by atoms with Crippen LogP contribution >= 0.6 is 0 Å². The summed E-state index contributed by atoms with van der Waals surface area (Å²) in [4.78, 5) is 27.2. The molecule has 0 unspecified atom stereocenters. The highest BCUT2D eigenvalue weighted by Crippen LogP contribution is 2.39. The molecule has 160 valence electrons. The number of carbonyl (C=O) groups is 1. The summed E-state index contributed by atoms with van der Waals surface area (Å²) in [6.45, 7) is 3.76. The highest BCUT2D eigenvalue weighted by Gasteiger charge is 2.25. The molecule has 1 aliphatic carbocycles. The van der Waals surface area contributed by atoms with Crippen LogP contribution in [0, 0.1) is 10.8 Å². The molecule has 31 heavy (non-hydrogen) atoms. The van der Waals surface area contributed by atoms with Crippen molar-refractivity contribution in [2.45, 2.75) is 38.6 Å². The summed E-state index contributed by atoms with van der Waals surface area (Å²) in [5, 5.41) is 18.6. The third-order valence-corrected chi connectivity index (χ3v) is 5.06. The van der Waals surface area contributed by atoms with Crippen molar-refractivity contribution in [3.8, 4) is 5.69 Å². The molecule has 0 bridgehead atoms. The summed E-state index contributed by atoms with van der Waals surface area (Å²) in [6.07, 6.45) is 10.5. The Balaban J connectivity index is 0.00000289. The third-order valence-electron chi connectivity index (χ3n) is 5.06. The molecule has 9 heteroatoms. The minimum Gasteiger partial charge on any atom is -0.319 e. The molecule has 1 amide bonds. The van der Waals surface area contributed by atoms with Gasteiger partial charge < -0.3 is 14.8 Å². The van der Waals surface area contributed by atoms with E-state index in [0.29, 0.717) is 17.3 Å². The molecular formula is C22H26N8O. The van der Waals surface area contributed by atoms with E-state index < -0.39 is 5.91 Å². The molecule has 9 nitrogen and oxygen atoms in total. The average molecular weight is 419 g/mol. The summed E-state index contributed by atoms with van der Waals surface area (Å²) >= 11 is 0. The van der Waals surface area contributed by atoms with Crippen molar-refractivity contribution in [2.75, 3.05) is 5.32 Å². The summed E-state index contributed by atoms with van der Waals surface area (Å²) in [5.74, 6) is 0.229. The third kappa shape index (κ3) is 4.50. The van der Waals surface area contributed by atoms with Crippen molar-refractivity contribution >= 4 is 23.8 Å². The Labute approximate surface area is 181 Å². The normalized spacial score (nSPS) is 13.1. The summed E-state index contributed by atoms with van der Waals surface area (Å²) < 4.78 is 1.90. The lowest BCUT2D eigenvalue weighted by molar-refractivity contribution is 0.102. The molecule has 0 atom stereocenters. The van der Waals surface area contributed by atoms with E-state index in [1.54, 1.807) is 36.9 Å². The van der Waals surface area contributed by atoms with E-state index in [0.717, 1.165) is 17.7 Å². The number of hydrogen-bond donors (Lipinski definition) is 3. The van der Waals surface area contributed by atoms with E-state index >= 15 is 0 Å². The highest BCUT2D eigenvalue weighted by atomic mass is 16.1. The van der Waals surface area contributed by atoms with Gasteiger partial charge in [0, 0.05) is 19.6 Å². The minimum absolute atomic E-state index is 0. The number of aromatic nitrogens is 4. The first-order valence-corrected chi connectivity index (χ1v) is 10.1. The van der Waals surface area contributed by atoms with Gasteiger partial charge in [0.05, 0.1) is 42.1 Å². The number of amidine groups is 1. The smallest absolute Gasteiger partial charge is 0.274 e. The average Bonchev–Trinajstić information content (AvgIpc) is 3.50. The molecule has 3 aromatic rings. The van der Waals surface area contributed by atoms with Crippen LogP contribution in [0.15, 0.2) is 49.2 Å². The lowest BCUT2D eigenvalue weighted by Crippen LogP contribution is -2.36. The van der Waals surface area contributed by atoms with Crippen LogP contribution in [-0.4, -0.2) is 48.5 Å². The largest absolute Gasteiger partial charge is 0.319 e. The van der Waals surface area contributed by atoms with Gasteiger partial charge in [-0.2, -0.15) is 0 Å². The Hall–Kier alpha value is -3.88. The zero-order chi connectivity index (χ0) is 22.0. The van der Waals surface area contributed by atoms with E-state index in [9.17, 15) is 4.79 Å². The molecule has 1 saturated carbocycles. The fraction of sp³-hybridized carbons (Fsp3) is 0.273. The number of rotatable bonds is 7. The number of hydrogen-bond acceptors (Lipinski definition) is 6. The van der Waals surface area contributed by atoms with Crippen LogP contribution in [0.2, 0.25) is 0 Å². The molecule has 0 saturated heterocycles. The minimum atomic E-state index is -0.399. The predicted octanol–water partition coefficient (Wildman–Crippen LogP) is 3.68. The van der Waals surface area contributed by atoms with E-state index in [1.165, 1.54) is 17.7 Å². The van der Waals surface area contributed by atoms with Crippen molar-refractivity contribution in [1.82, 2.24) is 24.4 Å². The van der Waals surface area contributed by atoms with Crippen LogP contribution in [0.25, 0.3) is 5.69 Å². The van der Waals surface area contributed by atoms with E-state index in [-0.39, 0.29) is 19.0 Å². The van der Waals surface area contributed by atoms with Crippen molar-refractivity contribution in [1.29, 1.82) is 10.8 Å². The fourth-order valence-electron chi connectivity index (χ4n) is 3.20. The van der Waals surface area contributed by atoms with Gasteiger partial charge in [-0.05, 0) is 44.9 Å². The molecule has 3 N–H and O–H groups in total. The Morgan fingerprint density at radius 2 is 2.10 bits per heavy atom. The van der Waals surface area contributed by atoms with Gasteiger partial charge in [-0.15, -0.1) is 0 Å². The predicted molar refractivity (Wildman–Crippen MR) is 120 cm³/mol. The first kappa shape index (κ1) is 20.4. The molecule has 1 fully saturated rings. The van der Waals surface area contributed by atoms with Crippen molar-refractivity contribution < 1.29 is 6.22 Å². The van der Waals surface area contributed by atoms with E-state index in [4.69, 9.17) is 10.8 Å². The van der Waals surface area contributed by atoms with Gasteiger partial charge in [0.25, 0.3) is 5.91 Å². The van der Waals surface area contributed by atoms with Crippen LogP contribution in [0.1, 0.15) is 55.9 Å². The maximum absolute atomic E-state index is 12.8. The summed E-state index contributed by atoms with van der Waals surface area (Å²) in [5.41, 5.74) is 2.93. The number of amides is 1. The van der Waals surface area contributed by atoms with Gasteiger partial charge in [-0.25, -0.2) is 9.97 Å². The second-order valence-electron chi connectivity index (χ2n) is 7.75. The topological polar surface area (TPSA) is 124 Å². The van der Waals surface area contributed by atoms with Crippen molar-refractivity contribution in [2.24, 2.45) is 0 Å². The maximum Gasteiger partial charge on any atom is 0.274 e. The number of pyridine rings is 2. The quantitative estimate of drug-likeness (QED) is 0.399. The Morgan fingerprint density at radius 1 is 1.32 bits per heavy atom. The first-order valence-electron chi connectivity index (χ1n) is 10.1. The second kappa shape index (κ2) is 8.47. The zero-order valence-electron chi connectivity index (χ0n) is 17.4. The molecular weight excluding hydrogens is 392 g/mol. The van der Waals surface area contributed by atoms with E-state index in [2.05, 4.69) is 20.3 Å². The van der Waals surface area contributed by atoms with Gasteiger partial charge >= 0.3 is 0 Å². The van der Waals surface area contributed by atoms with E-state index in [1.807, 2.05) is 30.7 Å². The summed E-state index contributed by atoms with van der Waals surface area (Å²) in [6, 6.07) is 6.67. The van der Waals surface area contributed by atoms with Gasteiger partial charge in [-0.3, -0.25) is 20.6 Å². The molecule has 0 radical (unpaired) electrons. The summed E-state index contributed by atoms with van der Waals surface area (Å²) in [7, 11) is 0. The number of imidazole rings is 1. The van der Waals surface area contributed by atoms with Crippen LogP contribution in [0.3, 0.4) is 0 Å². The first-order chi connectivity index (χ1) is 15.0. The number of nitrogens with one attached hydrogen (secondary N) is 3. The van der Waals surface area contributed by atoms with Crippen molar-refractivity contribution in [3.63, 3.8) is 0 Å². The van der Waals surface area contributed by atoms with Gasteiger partial charge in [0.15, 0.2) is 5.84 Å². The number of carbonyl (C=O) groups excluding carboxylic acids is 1. The number of anilines is 1. The lowest BCUT2D eigenvalue weighted by Gasteiger charge is -2.23. The number of nitrogens with zero attached hydrogens (tertiary/aromatic N) is 5. The molecule has 0 aromatic carbocycles.